The second kappa shape index (κ2) is 5.48. The fraction of sp³-hybridized carbons (Fsp3) is 0.0625. The van der Waals surface area contributed by atoms with E-state index in [0.29, 0.717) is 5.88 Å². The third kappa shape index (κ3) is 2.64. The molecule has 4 heteroatoms. The van der Waals surface area contributed by atoms with E-state index in [9.17, 15) is 4.79 Å². The van der Waals surface area contributed by atoms with Gasteiger partial charge in [-0.15, -0.1) is 0 Å². The molecule has 1 aromatic carbocycles. The van der Waals surface area contributed by atoms with Gasteiger partial charge < -0.3 is 15.0 Å². The molecule has 0 amide bonds. The Bertz CT molecular complexity index is 723. The van der Waals surface area contributed by atoms with Gasteiger partial charge in [-0.1, -0.05) is 30.4 Å². The zero-order valence-electron chi connectivity index (χ0n) is 10.8. The van der Waals surface area contributed by atoms with Crippen LogP contribution in [0.2, 0.25) is 0 Å². The number of nitrogens with one attached hydrogen (secondary N) is 2. The zero-order valence-corrected chi connectivity index (χ0v) is 10.8. The summed E-state index contributed by atoms with van der Waals surface area (Å²) in [5.41, 5.74) is 1.96. The molecule has 0 atom stereocenters. The Labute approximate surface area is 116 Å². The maximum absolute atomic E-state index is 12.0. The SMILES string of the molecule is O=C(Cc1c[nH]c2ccccc12)OC1=CC=CC=CN1. The Morgan fingerprint density at radius 1 is 1.15 bits per heavy atom. The number of carbonyl (C=O) groups is 1. The van der Waals surface area contributed by atoms with Crippen LogP contribution in [0, 0.1) is 0 Å². The molecule has 0 unspecified atom stereocenters. The molecule has 0 saturated heterocycles. The molecule has 20 heavy (non-hydrogen) atoms. The van der Waals surface area contributed by atoms with Crippen molar-refractivity contribution in [1.29, 1.82) is 0 Å². The highest BCUT2D eigenvalue weighted by Gasteiger charge is 2.11. The summed E-state index contributed by atoms with van der Waals surface area (Å²) < 4.78 is 5.29. The molecular formula is C16H14N2O2. The highest BCUT2D eigenvalue weighted by molar-refractivity contribution is 5.87. The molecule has 100 valence electrons. The number of fused-ring (bicyclic) bond motifs is 1. The van der Waals surface area contributed by atoms with E-state index in [0.717, 1.165) is 16.5 Å². The first-order chi connectivity index (χ1) is 9.83. The first kappa shape index (κ1) is 12.3. The van der Waals surface area contributed by atoms with Crippen LogP contribution in [0.15, 0.2) is 66.8 Å². The summed E-state index contributed by atoms with van der Waals surface area (Å²) >= 11 is 0. The zero-order chi connectivity index (χ0) is 13.8. The van der Waals surface area contributed by atoms with Gasteiger partial charge in [0.15, 0.2) is 0 Å². The van der Waals surface area contributed by atoms with Crippen molar-refractivity contribution in [2.45, 2.75) is 6.42 Å². The Kier molecular flexibility index (Phi) is 3.37. The number of aromatic amines is 1. The lowest BCUT2D eigenvalue weighted by Gasteiger charge is -2.06. The van der Waals surface area contributed by atoms with Gasteiger partial charge in [0.1, 0.15) is 0 Å². The minimum Gasteiger partial charge on any atom is -0.409 e. The fourth-order valence-corrected chi connectivity index (χ4v) is 2.10. The maximum Gasteiger partial charge on any atom is 0.316 e. The van der Waals surface area contributed by atoms with E-state index < -0.39 is 0 Å². The average Bonchev–Trinajstić information content (AvgIpc) is 2.68. The van der Waals surface area contributed by atoms with Crippen LogP contribution in [0.1, 0.15) is 5.56 Å². The van der Waals surface area contributed by atoms with E-state index in [1.165, 1.54) is 0 Å². The number of para-hydroxylation sites is 1. The van der Waals surface area contributed by atoms with Crippen LogP contribution in [-0.2, 0) is 16.0 Å². The van der Waals surface area contributed by atoms with Gasteiger partial charge in [0.05, 0.1) is 6.42 Å². The molecule has 4 nitrogen and oxygen atoms in total. The Hall–Kier alpha value is -2.75. The normalized spacial score (nSPS) is 13.7. The molecule has 2 N–H and O–H groups in total. The molecule has 1 aromatic heterocycles. The van der Waals surface area contributed by atoms with Gasteiger partial charge in [-0.2, -0.15) is 0 Å². The molecule has 1 aliphatic rings. The minimum absolute atomic E-state index is 0.233. The standard InChI is InChI=1S/C16H14N2O2/c19-16(20-15-8-2-1-5-9-17-15)10-12-11-18-14-7-4-3-6-13(12)14/h1-9,11,17-18H,10H2. The van der Waals surface area contributed by atoms with Gasteiger partial charge in [0.25, 0.3) is 0 Å². The number of ether oxygens (including phenoxy) is 1. The lowest BCUT2D eigenvalue weighted by molar-refractivity contribution is -0.139. The van der Waals surface area contributed by atoms with Crippen molar-refractivity contribution in [2.24, 2.45) is 0 Å². The molecule has 0 spiro atoms. The number of H-pyrrole nitrogens is 1. The van der Waals surface area contributed by atoms with Crippen molar-refractivity contribution >= 4 is 16.9 Å². The Morgan fingerprint density at radius 3 is 3.00 bits per heavy atom. The number of carbonyl (C=O) groups excluding carboxylic acids is 1. The van der Waals surface area contributed by atoms with Crippen molar-refractivity contribution < 1.29 is 9.53 Å². The van der Waals surface area contributed by atoms with Crippen molar-refractivity contribution in [3.05, 3.63) is 72.4 Å². The van der Waals surface area contributed by atoms with Crippen LogP contribution in [-0.4, -0.2) is 11.0 Å². The average molecular weight is 266 g/mol. The van der Waals surface area contributed by atoms with Crippen molar-refractivity contribution in [3.63, 3.8) is 0 Å². The highest BCUT2D eigenvalue weighted by Crippen LogP contribution is 2.18. The Balaban J connectivity index is 1.71. The van der Waals surface area contributed by atoms with Crippen molar-refractivity contribution in [1.82, 2.24) is 10.3 Å². The summed E-state index contributed by atoms with van der Waals surface area (Å²) in [6.07, 6.45) is 11.0. The van der Waals surface area contributed by atoms with Crippen LogP contribution in [0.4, 0.5) is 0 Å². The summed E-state index contributed by atoms with van der Waals surface area (Å²) in [4.78, 5) is 15.1. The summed E-state index contributed by atoms with van der Waals surface area (Å²) in [6.45, 7) is 0. The van der Waals surface area contributed by atoms with Crippen LogP contribution in [0.5, 0.6) is 0 Å². The molecule has 3 rings (SSSR count). The van der Waals surface area contributed by atoms with Gasteiger partial charge in [-0.05, 0) is 23.8 Å². The van der Waals surface area contributed by atoms with E-state index >= 15 is 0 Å². The number of hydrogen-bond acceptors (Lipinski definition) is 3. The quantitative estimate of drug-likeness (QED) is 0.840. The largest absolute Gasteiger partial charge is 0.409 e. The van der Waals surface area contributed by atoms with Crippen LogP contribution < -0.4 is 5.32 Å². The highest BCUT2D eigenvalue weighted by atomic mass is 16.5. The van der Waals surface area contributed by atoms with Gasteiger partial charge >= 0.3 is 5.97 Å². The number of rotatable bonds is 3. The second-order valence-electron chi connectivity index (χ2n) is 4.43. The van der Waals surface area contributed by atoms with Gasteiger partial charge in [0, 0.05) is 23.3 Å². The molecule has 0 saturated carbocycles. The summed E-state index contributed by atoms with van der Waals surface area (Å²) in [7, 11) is 0. The number of esters is 1. The van der Waals surface area contributed by atoms with Crippen molar-refractivity contribution in [2.75, 3.05) is 0 Å². The topological polar surface area (TPSA) is 54.1 Å². The molecule has 0 fully saturated rings. The fourth-order valence-electron chi connectivity index (χ4n) is 2.10. The predicted octanol–water partition coefficient (Wildman–Crippen LogP) is 2.77. The number of aromatic nitrogens is 1. The Morgan fingerprint density at radius 2 is 2.05 bits per heavy atom. The molecule has 1 aliphatic heterocycles. The maximum atomic E-state index is 12.0. The first-order valence-corrected chi connectivity index (χ1v) is 6.38. The lowest BCUT2D eigenvalue weighted by atomic mass is 10.1. The molecule has 2 heterocycles. The minimum atomic E-state index is -0.294. The monoisotopic (exact) mass is 266 g/mol. The lowest BCUT2D eigenvalue weighted by Crippen LogP contribution is -2.15. The van der Waals surface area contributed by atoms with Gasteiger partial charge in [-0.3, -0.25) is 4.79 Å². The van der Waals surface area contributed by atoms with Crippen LogP contribution in [0.3, 0.4) is 0 Å². The molecule has 0 bridgehead atoms. The summed E-state index contributed by atoms with van der Waals surface area (Å²) in [5.74, 6) is 0.136. The van der Waals surface area contributed by atoms with Gasteiger partial charge in [-0.25, -0.2) is 0 Å². The first-order valence-electron chi connectivity index (χ1n) is 6.38. The van der Waals surface area contributed by atoms with Gasteiger partial charge in [0.2, 0.25) is 5.88 Å². The summed E-state index contributed by atoms with van der Waals surface area (Å²) in [5, 5.41) is 3.94. The number of benzene rings is 1. The summed E-state index contributed by atoms with van der Waals surface area (Å²) in [6, 6.07) is 7.88. The number of hydrogen-bond donors (Lipinski definition) is 2. The van der Waals surface area contributed by atoms with E-state index in [1.807, 2.05) is 48.7 Å². The number of allylic oxidation sites excluding steroid dienone is 4. The van der Waals surface area contributed by atoms with E-state index in [4.69, 9.17) is 4.74 Å². The molecule has 2 aromatic rings. The van der Waals surface area contributed by atoms with Crippen LogP contribution >= 0.6 is 0 Å². The van der Waals surface area contributed by atoms with E-state index in [2.05, 4.69) is 10.3 Å². The van der Waals surface area contributed by atoms with E-state index in [-0.39, 0.29) is 12.4 Å². The molecular weight excluding hydrogens is 252 g/mol. The van der Waals surface area contributed by atoms with E-state index in [1.54, 1.807) is 12.3 Å². The third-order valence-electron chi connectivity index (χ3n) is 3.03. The third-order valence-corrected chi connectivity index (χ3v) is 3.03. The van der Waals surface area contributed by atoms with Crippen molar-refractivity contribution in [3.8, 4) is 0 Å². The second-order valence-corrected chi connectivity index (χ2v) is 4.43. The smallest absolute Gasteiger partial charge is 0.316 e. The molecule has 0 aliphatic carbocycles. The van der Waals surface area contributed by atoms with Crippen LogP contribution in [0.25, 0.3) is 10.9 Å². The molecule has 0 radical (unpaired) electrons. The predicted molar refractivity (Wildman–Crippen MR) is 77.6 cm³/mol.